The maximum absolute atomic E-state index is 5.59. The third-order valence-corrected chi connectivity index (χ3v) is 6.09. The van der Waals surface area contributed by atoms with E-state index in [1.807, 2.05) is 0 Å². The molecule has 2 nitrogen and oxygen atoms in total. The molecule has 0 radical (unpaired) electrons. The van der Waals surface area contributed by atoms with Gasteiger partial charge in [-0.2, -0.15) is 0 Å². The van der Waals surface area contributed by atoms with Crippen molar-refractivity contribution in [3.8, 4) is 11.5 Å². The van der Waals surface area contributed by atoms with Crippen molar-refractivity contribution in [1.29, 1.82) is 0 Å². The van der Waals surface area contributed by atoms with E-state index in [1.165, 1.54) is 44.5 Å². The minimum atomic E-state index is 0.298. The molecule has 0 saturated heterocycles. The zero-order chi connectivity index (χ0) is 18.9. The molecule has 0 aliphatic rings. The Balaban J connectivity index is 2.71. The van der Waals surface area contributed by atoms with Crippen LogP contribution in [0.2, 0.25) is 0 Å². The van der Waals surface area contributed by atoms with Gasteiger partial charge in [0, 0.05) is 11.2 Å². The van der Waals surface area contributed by atoms with Gasteiger partial charge in [0.05, 0.1) is 14.2 Å². The molecule has 2 aromatic carbocycles. The highest BCUT2D eigenvalue weighted by atomic mass is 79.9. The Labute approximate surface area is 160 Å². The molecule has 0 N–H and O–H groups in total. The van der Waals surface area contributed by atoms with Crippen LogP contribution in [0, 0.1) is 41.5 Å². The summed E-state index contributed by atoms with van der Waals surface area (Å²) < 4.78 is 11.2. The van der Waals surface area contributed by atoms with Gasteiger partial charge >= 0.3 is 0 Å². The van der Waals surface area contributed by atoms with Crippen molar-refractivity contribution < 1.29 is 9.47 Å². The van der Waals surface area contributed by atoms with Crippen LogP contribution in [0.3, 0.4) is 0 Å². The average Bonchev–Trinajstić information content (AvgIpc) is 2.58. The topological polar surface area (TPSA) is 18.5 Å². The maximum Gasteiger partial charge on any atom is 0.124 e. The van der Waals surface area contributed by atoms with E-state index in [9.17, 15) is 0 Å². The first-order valence-electron chi connectivity index (χ1n) is 8.63. The molecule has 0 saturated carbocycles. The molecule has 136 valence electrons. The summed E-state index contributed by atoms with van der Waals surface area (Å²) in [6.07, 6.45) is 0. The SMILES string of the molecule is COc1c(C)cc(C(CBr)c2cc(C)c(OC)c(C)c2C)c(C)c1C. The van der Waals surface area contributed by atoms with E-state index in [-0.39, 0.29) is 0 Å². The summed E-state index contributed by atoms with van der Waals surface area (Å²) in [6.45, 7) is 12.9. The predicted octanol–water partition coefficient (Wildman–Crippen LogP) is 6.08. The van der Waals surface area contributed by atoms with Crippen LogP contribution < -0.4 is 9.47 Å². The molecule has 0 aromatic heterocycles. The Kier molecular flexibility index (Phi) is 6.21. The Morgan fingerprint density at radius 2 is 1.08 bits per heavy atom. The quantitative estimate of drug-likeness (QED) is 0.561. The van der Waals surface area contributed by atoms with Crippen LogP contribution in [0.1, 0.15) is 50.4 Å². The minimum Gasteiger partial charge on any atom is -0.496 e. The molecule has 0 amide bonds. The zero-order valence-electron chi connectivity index (χ0n) is 16.6. The van der Waals surface area contributed by atoms with Crippen LogP contribution in [0.5, 0.6) is 11.5 Å². The Morgan fingerprint density at radius 1 is 0.720 bits per heavy atom. The third kappa shape index (κ3) is 3.44. The summed E-state index contributed by atoms with van der Waals surface area (Å²) in [6, 6.07) is 4.56. The molecule has 2 aromatic rings. The van der Waals surface area contributed by atoms with Gasteiger partial charge in [-0.25, -0.2) is 0 Å². The van der Waals surface area contributed by atoms with Gasteiger partial charge in [0.25, 0.3) is 0 Å². The number of rotatable bonds is 5. The van der Waals surface area contributed by atoms with E-state index in [4.69, 9.17) is 9.47 Å². The van der Waals surface area contributed by atoms with E-state index in [0.717, 1.165) is 16.8 Å². The number of alkyl halides is 1. The lowest BCUT2D eigenvalue weighted by Crippen LogP contribution is -2.11. The lowest BCUT2D eigenvalue weighted by atomic mass is 9.83. The number of hydrogen-bond acceptors (Lipinski definition) is 2. The fraction of sp³-hybridized carbons (Fsp3) is 0.455. The number of aryl methyl sites for hydroxylation is 2. The van der Waals surface area contributed by atoms with Gasteiger partial charge in [0.1, 0.15) is 11.5 Å². The lowest BCUT2D eigenvalue weighted by Gasteiger charge is -2.25. The highest BCUT2D eigenvalue weighted by Gasteiger charge is 2.23. The number of ether oxygens (including phenoxy) is 2. The highest BCUT2D eigenvalue weighted by molar-refractivity contribution is 9.09. The van der Waals surface area contributed by atoms with Crippen molar-refractivity contribution >= 4 is 15.9 Å². The first kappa shape index (κ1) is 19.8. The molecule has 25 heavy (non-hydrogen) atoms. The first-order chi connectivity index (χ1) is 11.8. The molecule has 2 rings (SSSR count). The van der Waals surface area contributed by atoms with Crippen molar-refractivity contribution in [2.24, 2.45) is 0 Å². The molecule has 0 bridgehead atoms. The van der Waals surface area contributed by atoms with Crippen molar-refractivity contribution in [2.75, 3.05) is 19.5 Å². The van der Waals surface area contributed by atoms with Crippen LogP contribution in [-0.4, -0.2) is 19.5 Å². The number of methoxy groups -OCH3 is 2. The molecule has 0 unspecified atom stereocenters. The summed E-state index contributed by atoms with van der Waals surface area (Å²) in [7, 11) is 3.49. The van der Waals surface area contributed by atoms with Crippen molar-refractivity contribution in [3.63, 3.8) is 0 Å². The van der Waals surface area contributed by atoms with E-state index in [0.29, 0.717) is 5.92 Å². The normalized spacial score (nSPS) is 11.1. The van der Waals surface area contributed by atoms with Gasteiger partial charge in [0.15, 0.2) is 0 Å². The van der Waals surface area contributed by atoms with Crippen LogP contribution in [0.15, 0.2) is 12.1 Å². The first-order valence-corrected chi connectivity index (χ1v) is 9.75. The molecular weight excluding hydrogens is 376 g/mol. The second kappa shape index (κ2) is 7.82. The highest BCUT2D eigenvalue weighted by Crippen LogP contribution is 2.39. The van der Waals surface area contributed by atoms with Crippen molar-refractivity contribution in [3.05, 3.63) is 56.6 Å². The Bertz CT molecular complexity index is 728. The van der Waals surface area contributed by atoms with Crippen LogP contribution in [0.4, 0.5) is 0 Å². The molecular formula is C22H29BrO2. The standard InChI is InChI=1S/C22H29BrO2/c1-12-9-18(14(3)16(5)21(12)24-7)20(11-23)19-10-13(2)22(25-8)17(6)15(19)4/h9-10,20H,11H2,1-8H3. The van der Waals surface area contributed by atoms with E-state index in [2.05, 4.69) is 69.6 Å². The molecule has 0 atom stereocenters. The van der Waals surface area contributed by atoms with Crippen LogP contribution in [0.25, 0.3) is 0 Å². The number of halogens is 1. The monoisotopic (exact) mass is 404 g/mol. The second-order valence-electron chi connectivity index (χ2n) is 6.84. The molecule has 3 heteroatoms. The smallest absolute Gasteiger partial charge is 0.124 e. The summed E-state index contributed by atoms with van der Waals surface area (Å²) in [5, 5.41) is 0.880. The van der Waals surface area contributed by atoms with Gasteiger partial charge in [-0.15, -0.1) is 0 Å². The summed E-state index contributed by atoms with van der Waals surface area (Å²) >= 11 is 3.76. The number of benzene rings is 2. The Morgan fingerprint density at radius 3 is 1.36 bits per heavy atom. The summed E-state index contributed by atoms with van der Waals surface area (Å²) in [5.74, 6) is 2.29. The maximum atomic E-state index is 5.59. The summed E-state index contributed by atoms with van der Waals surface area (Å²) in [5.41, 5.74) is 10.2. The molecule has 0 spiro atoms. The van der Waals surface area contributed by atoms with Crippen LogP contribution >= 0.6 is 15.9 Å². The Hall–Kier alpha value is -1.48. The van der Waals surface area contributed by atoms with E-state index >= 15 is 0 Å². The van der Waals surface area contributed by atoms with Crippen LogP contribution in [-0.2, 0) is 0 Å². The van der Waals surface area contributed by atoms with Gasteiger partial charge in [-0.3, -0.25) is 0 Å². The third-order valence-electron chi connectivity index (χ3n) is 5.45. The molecule has 0 fully saturated rings. The number of hydrogen-bond donors (Lipinski definition) is 0. The molecule has 0 aliphatic carbocycles. The molecule has 0 aliphatic heterocycles. The fourth-order valence-corrected chi connectivity index (χ4v) is 4.56. The molecule has 0 heterocycles. The van der Waals surface area contributed by atoms with Gasteiger partial charge in [0.2, 0.25) is 0 Å². The van der Waals surface area contributed by atoms with Gasteiger partial charge < -0.3 is 9.47 Å². The minimum absolute atomic E-state index is 0.298. The predicted molar refractivity (Wildman–Crippen MR) is 110 cm³/mol. The largest absolute Gasteiger partial charge is 0.496 e. The van der Waals surface area contributed by atoms with Gasteiger partial charge in [-0.05, 0) is 86.1 Å². The zero-order valence-corrected chi connectivity index (χ0v) is 18.2. The van der Waals surface area contributed by atoms with Crippen molar-refractivity contribution in [1.82, 2.24) is 0 Å². The van der Waals surface area contributed by atoms with E-state index in [1.54, 1.807) is 14.2 Å². The fourth-order valence-electron chi connectivity index (χ4n) is 3.87. The van der Waals surface area contributed by atoms with Gasteiger partial charge in [-0.1, -0.05) is 28.1 Å². The second-order valence-corrected chi connectivity index (χ2v) is 7.49. The summed E-state index contributed by atoms with van der Waals surface area (Å²) in [4.78, 5) is 0. The van der Waals surface area contributed by atoms with Crippen molar-refractivity contribution in [2.45, 2.75) is 47.5 Å². The lowest BCUT2D eigenvalue weighted by molar-refractivity contribution is 0.407. The average molecular weight is 405 g/mol. The van der Waals surface area contributed by atoms with E-state index < -0.39 is 0 Å².